The molecular formula is C62H57N4Pt-3. The Morgan fingerprint density at radius 2 is 1.15 bits per heavy atom. The Balaban J connectivity index is 0.00000525. The van der Waals surface area contributed by atoms with E-state index in [-0.39, 0.29) is 37.3 Å². The van der Waals surface area contributed by atoms with Gasteiger partial charge in [0.1, 0.15) is 5.82 Å². The second-order valence-electron chi connectivity index (χ2n) is 21.5. The van der Waals surface area contributed by atoms with Crippen molar-refractivity contribution in [1.82, 2.24) is 9.55 Å². The topological polar surface area (TPSA) is 24.3 Å². The van der Waals surface area contributed by atoms with E-state index in [1.165, 1.54) is 55.6 Å². The first-order valence-electron chi connectivity index (χ1n) is 23.4. The maximum Gasteiger partial charge on any atom is 0.135 e. The van der Waals surface area contributed by atoms with Gasteiger partial charge in [0.05, 0.1) is 0 Å². The normalized spacial score (nSPS) is 14.3. The van der Waals surface area contributed by atoms with Crippen LogP contribution in [0.3, 0.4) is 0 Å². The number of anilines is 3. The van der Waals surface area contributed by atoms with E-state index in [1.807, 2.05) is 6.20 Å². The molecule has 0 amide bonds. The van der Waals surface area contributed by atoms with Crippen molar-refractivity contribution in [2.24, 2.45) is 0 Å². The summed E-state index contributed by atoms with van der Waals surface area (Å²) >= 11 is 0. The van der Waals surface area contributed by atoms with Crippen LogP contribution in [0, 0.1) is 18.8 Å². The van der Waals surface area contributed by atoms with E-state index in [9.17, 15) is 0 Å². The summed E-state index contributed by atoms with van der Waals surface area (Å²) in [6.07, 6.45) is 1.97. The predicted molar refractivity (Wildman–Crippen MR) is 275 cm³/mol. The second-order valence-corrected chi connectivity index (χ2v) is 21.5. The molecule has 67 heavy (non-hydrogen) atoms. The van der Waals surface area contributed by atoms with Crippen LogP contribution >= 0.6 is 0 Å². The summed E-state index contributed by atoms with van der Waals surface area (Å²) in [5.74, 6) is 0.896. The minimum atomic E-state index is -0.765. The quantitative estimate of drug-likeness (QED) is 0.155. The third-order valence-corrected chi connectivity index (χ3v) is 14.0. The Labute approximate surface area is 411 Å². The summed E-state index contributed by atoms with van der Waals surface area (Å²) in [6.45, 7) is 23.7. The Morgan fingerprint density at radius 3 is 1.82 bits per heavy atom. The fraction of sp³-hybridized carbons (Fsp3) is 0.226. The molecule has 1 aliphatic heterocycles. The van der Waals surface area contributed by atoms with Crippen LogP contribution in [0.15, 0.2) is 164 Å². The molecule has 0 atom stereocenters. The van der Waals surface area contributed by atoms with Crippen molar-refractivity contribution >= 4 is 38.9 Å². The number of para-hydroxylation sites is 2. The molecule has 0 bridgehead atoms. The number of rotatable bonds is 6. The molecule has 0 fully saturated rings. The summed E-state index contributed by atoms with van der Waals surface area (Å²) in [5.41, 5.74) is 16.6. The van der Waals surface area contributed by atoms with Crippen LogP contribution in [-0.4, -0.2) is 9.55 Å². The minimum absolute atomic E-state index is 0. The molecule has 338 valence electrons. The van der Waals surface area contributed by atoms with E-state index >= 15 is 0 Å². The molecule has 0 saturated carbocycles. The predicted octanol–water partition coefficient (Wildman–Crippen LogP) is 15.3. The first-order chi connectivity index (χ1) is 31.6. The third-order valence-electron chi connectivity index (χ3n) is 14.0. The van der Waals surface area contributed by atoms with Gasteiger partial charge in [-0.2, -0.15) is 42.6 Å². The summed E-state index contributed by atoms with van der Waals surface area (Å²) in [6, 6.07) is 66.8. The van der Waals surface area contributed by atoms with Gasteiger partial charge in [-0.3, -0.25) is 0 Å². The molecular weight excluding hydrogens is 996 g/mol. The first kappa shape index (κ1) is 44.6. The number of hydrogen-bond donors (Lipinski definition) is 0. The summed E-state index contributed by atoms with van der Waals surface area (Å²) in [7, 11) is 0. The maximum absolute atomic E-state index is 5.11. The molecule has 0 spiro atoms. The van der Waals surface area contributed by atoms with Crippen molar-refractivity contribution in [3.8, 4) is 16.9 Å². The van der Waals surface area contributed by atoms with Gasteiger partial charge in [0.25, 0.3) is 0 Å². The first-order valence-corrected chi connectivity index (χ1v) is 23.4. The molecule has 0 unspecified atom stereocenters. The average Bonchev–Trinajstić information content (AvgIpc) is 3.94. The zero-order valence-electron chi connectivity index (χ0n) is 40.0. The van der Waals surface area contributed by atoms with Crippen molar-refractivity contribution < 1.29 is 21.1 Å². The van der Waals surface area contributed by atoms with E-state index in [2.05, 4.69) is 253 Å². The summed E-state index contributed by atoms with van der Waals surface area (Å²) in [5, 5.41) is 2.36. The van der Waals surface area contributed by atoms with Crippen molar-refractivity contribution in [2.45, 2.75) is 90.5 Å². The van der Waals surface area contributed by atoms with Crippen LogP contribution in [0.2, 0.25) is 0 Å². The van der Waals surface area contributed by atoms with Crippen LogP contribution in [0.1, 0.15) is 107 Å². The smallest absolute Gasteiger partial charge is 0.135 e. The van der Waals surface area contributed by atoms with E-state index in [0.717, 1.165) is 51.3 Å². The standard InChI is InChI=1S/C62H57N4.Pt/c1-59(2,3)42-28-30-54-51(36-42)50-29-27-44(37-57(50)66(54)58-38-43(31-32-63-58)60(4,5)6)62(52-23-15-13-21-48(52)49-22-14-16-24-53(49)62)46-33-45(61(7,8)9)34-47(35-46)65-40-64(39-41-19-11-10-12-20-41)55-25-17-18-26-56(55)65;/h10-34,36,38,40H,39H2,1-9H3;/q-3;. The SMILES string of the molecule is CC(C)(C)c1cc(N2[CH-]N(Cc3ccccc3)c3ccccc32)[c-]c(C2(c3[c-]c4c(cc3)c3cc(C(C)(C)C)ccc3n4-c3cc(C(C)(C)C)ccn3)c3ccccc3-c3ccccc32)c1.[Pt]. The Bertz CT molecular complexity index is 3290. The van der Waals surface area contributed by atoms with Gasteiger partial charge < -0.3 is 14.4 Å². The largest absolute Gasteiger partial charge is 0.498 e. The number of pyridine rings is 1. The van der Waals surface area contributed by atoms with Gasteiger partial charge in [-0.15, -0.1) is 28.3 Å². The zero-order chi connectivity index (χ0) is 45.8. The minimum Gasteiger partial charge on any atom is -0.498 e. The number of nitrogens with zero attached hydrogens (tertiary/aromatic N) is 4. The molecule has 4 nitrogen and oxygen atoms in total. The number of fused-ring (bicyclic) bond motifs is 7. The van der Waals surface area contributed by atoms with Gasteiger partial charge in [-0.05, 0) is 90.9 Å². The van der Waals surface area contributed by atoms with Gasteiger partial charge in [0.15, 0.2) is 0 Å². The Kier molecular flexibility index (Phi) is 10.8. The van der Waals surface area contributed by atoms with Gasteiger partial charge in [0.2, 0.25) is 0 Å². The van der Waals surface area contributed by atoms with Crippen LogP contribution in [-0.2, 0) is 49.3 Å². The van der Waals surface area contributed by atoms with Crippen molar-refractivity contribution in [2.75, 3.05) is 9.80 Å². The molecule has 9 aromatic rings. The van der Waals surface area contributed by atoms with Crippen LogP contribution in [0.25, 0.3) is 38.8 Å². The number of benzene rings is 7. The molecule has 2 aromatic heterocycles. The zero-order valence-corrected chi connectivity index (χ0v) is 42.3. The average molecular weight is 1050 g/mol. The fourth-order valence-electron chi connectivity index (χ4n) is 10.4. The molecule has 1 aliphatic carbocycles. The van der Waals surface area contributed by atoms with E-state index in [4.69, 9.17) is 4.98 Å². The van der Waals surface area contributed by atoms with Gasteiger partial charge >= 0.3 is 0 Å². The van der Waals surface area contributed by atoms with Crippen LogP contribution < -0.4 is 9.80 Å². The molecule has 5 heteroatoms. The fourth-order valence-corrected chi connectivity index (χ4v) is 10.4. The summed E-state index contributed by atoms with van der Waals surface area (Å²) < 4.78 is 2.36. The molecule has 0 N–H and O–H groups in total. The number of hydrogen-bond acceptors (Lipinski definition) is 3. The molecule has 7 aromatic carbocycles. The van der Waals surface area contributed by atoms with Crippen molar-refractivity contribution in [3.63, 3.8) is 0 Å². The van der Waals surface area contributed by atoms with Gasteiger partial charge in [0, 0.05) is 56.1 Å². The second kappa shape index (κ2) is 16.2. The Hall–Kier alpha value is -6.22. The van der Waals surface area contributed by atoms with Gasteiger partial charge in [-0.25, -0.2) is 4.98 Å². The van der Waals surface area contributed by atoms with E-state index in [0.29, 0.717) is 0 Å². The van der Waals surface area contributed by atoms with E-state index in [1.54, 1.807) is 0 Å². The number of aromatic nitrogens is 2. The molecule has 11 rings (SSSR count). The molecule has 0 saturated heterocycles. The Morgan fingerprint density at radius 1 is 0.537 bits per heavy atom. The molecule has 0 radical (unpaired) electrons. The molecule has 2 aliphatic rings. The molecule has 3 heterocycles. The van der Waals surface area contributed by atoms with Crippen molar-refractivity contribution in [3.05, 3.63) is 227 Å². The van der Waals surface area contributed by atoms with Crippen LogP contribution in [0.4, 0.5) is 17.1 Å². The van der Waals surface area contributed by atoms with E-state index < -0.39 is 5.41 Å². The maximum atomic E-state index is 5.11. The third kappa shape index (κ3) is 7.35. The monoisotopic (exact) mass is 1050 g/mol. The summed E-state index contributed by atoms with van der Waals surface area (Å²) in [4.78, 5) is 9.83. The van der Waals surface area contributed by atoms with Crippen LogP contribution in [0.5, 0.6) is 0 Å². The van der Waals surface area contributed by atoms with Gasteiger partial charge in [-0.1, -0.05) is 171 Å². The van der Waals surface area contributed by atoms with Crippen molar-refractivity contribution in [1.29, 1.82) is 0 Å².